The second-order valence-electron chi connectivity index (χ2n) is 17.1. The molecule has 7 nitrogen and oxygen atoms in total. The lowest BCUT2D eigenvalue weighted by molar-refractivity contribution is -0.208. The van der Waals surface area contributed by atoms with Crippen molar-refractivity contribution in [3.63, 3.8) is 0 Å². The highest BCUT2D eigenvalue weighted by molar-refractivity contribution is 8.76. The van der Waals surface area contributed by atoms with E-state index in [9.17, 15) is 25.2 Å². The molecule has 0 spiro atoms. The van der Waals surface area contributed by atoms with Crippen molar-refractivity contribution in [1.29, 1.82) is 0 Å². The highest BCUT2D eigenvalue weighted by atomic mass is 33.1. The SMILES string of the molecule is C=C1CC(O)C(C)C2CC(CSSCC(n3ccnc3)CC1(C)C)C1(O)C3=CC(=O)C4CC(O)C(O)C5CCC(CC21C)C3C45C. The first kappa shape index (κ1) is 33.4. The van der Waals surface area contributed by atoms with Gasteiger partial charge in [0, 0.05) is 47.2 Å². The van der Waals surface area contributed by atoms with Crippen LogP contribution in [0.1, 0.15) is 85.6 Å². The summed E-state index contributed by atoms with van der Waals surface area (Å²) in [6.07, 6.45) is 10.3. The zero-order valence-electron chi connectivity index (χ0n) is 28.1. The number of nitrogens with zero attached hydrogens (tertiary/aromatic N) is 2. The summed E-state index contributed by atoms with van der Waals surface area (Å²) in [5.74, 6) is 1.40. The molecule has 0 radical (unpaired) electrons. The van der Waals surface area contributed by atoms with Crippen LogP contribution in [-0.4, -0.2) is 71.2 Å². The maximum Gasteiger partial charge on any atom is 0.159 e. The van der Waals surface area contributed by atoms with Crippen molar-refractivity contribution in [2.75, 3.05) is 11.5 Å². The number of hydrogen-bond donors (Lipinski definition) is 4. The number of carbonyl (C=O) groups excluding carboxylic acids is 1. The summed E-state index contributed by atoms with van der Waals surface area (Å²) in [6, 6.07) is 0.215. The highest BCUT2D eigenvalue weighted by Gasteiger charge is 2.74. The smallest absolute Gasteiger partial charge is 0.159 e. The summed E-state index contributed by atoms with van der Waals surface area (Å²) in [4.78, 5) is 18.4. The van der Waals surface area contributed by atoms with Crippen molar-refractivity contribution in [2.45, 2.75) is 110 Å². The molecular formula is C37H54N2O5S2. The van der Waals surface area contributed by atoms with Gasteiger partial charge in [-0.05, 0) is 97.0 Å². The largest absolute Gasteiger partial charge is 0.393 e. The lowest BCUT2D eigenvalue weighted by Gasteiger charge is -2.67. The van der Waals surface area contributed by atoms with Crippen LogP contribution in [0.15, 0.2) is 42.5 Å². The summed E-state index contributed by atoms with van der Waals surface area (Å²) in [6.45, 7) is 15.6. The maximum absolute atomic E-state index is 14.1. The van der Waals surface area contributed by atoms with Gasteiger partial charge in [-0.15, -0.1) is 0 Å². The normalized spacial score (nSPS) is 50.6. The minimum Gasteiger partial charge on any atom is -0.393 e. The Labute approximate surface area is 282 Å². The first-order valence-electron chi connectivity index (χ1n) is 17.6. The predicted molar refractivity (Wildman–Crippen MR) is 184 cm³/mol. The maximum atomic E-state index is 14.1. The van der Waals surface area contributed by atoms with Crippen LogP contribution < -0.4 is 0 Å². The molecule has 0 amide bonds. The molecule has 4 saturated carbocycles. The Morgan fingerprint density at radius 1 is 1.00 bits per heavy atom. The molecule has 4 N–H and O–H groups in total. The van der Waals surface area contributed by atoms with E-state index in [2.05, 4.69) is 50.7 Å². The second-order valence-corrected chi connectivity index (χ2v) is 19.7. The van der Waals surface area contributed by atoms with Gasteiger partial charge in [0.15, 0.2) is 5.78 Å². The fraction of sp³-hybridized carbons (Fsp3) is 0.784. The van der Waals surface area contributed by atoms with Crippen LogP contribution in [0.25, 0.3) is 0 Å². The van der Waals surface area contributed by atoms with E-state index in [1.807, 2.05) is 40.3 Å². The van der Waals surface area contributed by atoms with Crippen LogP contribution in [-0.2, 0) is 4.79 Å². The van der Waals surface area contributed by atoms with E-state index in [-0.39, 0.29) is 65.1 Å². The fourth-order valence-electron chi connectivity index (χ4n) is 12.0. The van der Waals surface area contributed by atoms with Gasteiger partial charge >= 0.3 is 0 Å². The quantitative estimate of drug-likeness (QED) is 0.217. The number of fused-ring (bicyclic) bond motifs is 6. The summed E-state index contributed by atoms with van der Waals surface area (Å²) in [5.41, 5.74) is -0.407. The molecule has 1 aliphatic heterocycles. The third-order valence-electron chi connectivity index (χ3n) is 14.7. The standard InChI is InChI=1S/C37H54N2O5S2/c1-20-11-29(40)21(2)26-12-23(17-45-46-18-24(16-34(20,3)4)39-10-9-38-19-39)37(44)28-14-30(41)27-13-31(42)33(43)25-8-7-22(15-35(26,37)5)32(28)36(25,27)6/h9-10,14,19,21-27,29,31-33,40,42-44H,1,7-8,11-13,15-18H2,2-6H3. The van der Waals surface area contributed by atoms with Crippen molar-refractivity contribution in [1.82, 2.24) is 9.55 Å². The third kappa shape index (κ3) is 4.68. The molecule has 5 fully saturated rings. The van der Waals surface area contributed by atoms with E-state index in [1.54, 1.807) is 6.08 Å². The summed E-state index contributed by atoms with van der Waals surface area (Å²) < 4.78 is 2.19. The Balaban J connectivity index is 1.30. The van der Waals surface area contributed by atoms with Gasteiger partial charge in [0.1, 0.15) is 0 Å². The second kappa shape index (κ2) is 11.5. The van der Waals surface area contributed by atoms with Gasteiger partial charge in [-0.1, -0.05) is 68.4 Å². The Kier molecular flexibility index (Phi) is 8.33. The van der Waals surface area contributed by atoms with Crippen LogP contribution in [0, 0.1) is 57.7 Å². The molecule has 6 aliphatic rings. The number of allylic oxidation sites excluding steroid dienone is 1. The minimum absolute atomic E-state index is 0.00147. The average Bonchev–Trinajstić information content (AvgIpc) is 3.60. The number of aliphatic hydroxyl groups is 4. The topological polar surface area (TPSA) is 116 Å². The Bertz CT molecular complexity index is 1400. The zero-order valence-corrected chi connectivity index (χ0v) is 29.8. The number of hydrogen-bond acceptors (Lipinski definition) is 8. The Hall–Kier alpha value is -1.10. The van der Waals surface area contributed by atoms with Gasteiger partial charge in [-0.25, -0.2) is 4.98 Å². The number of aliphatic hydroxyl groups excluding tert-OH is 3. The van der Waals surface area contributed by atoms with Crippen LogP contribution in [0.3, 0.4) is 0 Å². The van der Waals surface area contributed by atoms with Gasteiger partial charge in [-0.3, -0.25) is 4.79 Å². The fourth-order valence-corrected chi connectivity index (χ4v) is 14.8. The van der Waals surface area contributed by atoms with E-state index >= 15 is 0 Å². The molecule has 14 atom stereocenters. The lowest BCUT2D eigenvalue weighted by atomic mass is 9.37. The molecular weight excluding hydrogens is 617 g/mol. The number of ketones is 1. The van der Waals surface area contributed by atoms with Gasteiger partial charge < -0.3 is 25.0 Å². The van der Waals surface area contributed by atoms with Gasteiger partial charge in [0.05, 0.1) is 30.2 Å². The van der Waals surface area contributed by atoms with Crippen LogP contribution in [0.4, 0.5) is 0 Å². The number of carbonyl (C=O) groups is 1. The third-order valence-corrected chi connectivity index (χ3v) is 17.2. The van der Waals surface area contributed by atoms with Crippen LogP contribution >= 0.6 is 21.6 Å². The molecule has 9 heteroatoms. The molecule has 0 aromatic carbocycles. The van der Waals surface area contributed by atoms with Crippen molar-refractivity contribution in [3.8, 4) is 0 Å². The monoisotopic (exact) mass is 670 g/mol. The first-order chi connectivity index (χ1) is 21.6. The number of rotatable bonds is 1. The average molecular weight is 671 g/mol. The van der Waals surface area contributed by atoms with Crippen LogP contribution in [0.5, 0.6) is 0 Å². The van der Waals surface area contributed by atoms with Gasteiger partial charge in [0.2, 0.25) is 0 Å². The van der Waals surface area contributed by atoms with Crippen molar-refractivity contribution < 1.29 is 25.2 Å². The molecule has 1 saturated heterocycles. The molecule has 2 bridgehead atoms. The van der Waals surface area contributed by atoms with Crippen molar-refractivity contribution >= 4 is 27.4 Å². The summed E-state index contributed by atoms with van der Waals surface area (Å²) in [7, 11) is 3.68. The Morgan fingerprint density at radius 2 is 1.74 bits per heavy atom. The molecule has 254 valence electrons. The van der Waals surface area contributed by atoms with E-state index in [1.165, 1.54) is 0 Å². The predicted octanol–water partition coefficient (Wildman–Crippen LogP) is 5.86. The molecule has 5 aliphatic carbocycles. The molecule has 7 rings (SSSR count). The minimum atomic E-state index is -1.19. The molecule has 2 heterocycles. The summed E-state index contributed by atoms with van der Waals surface area (Å²) in [5, 5.41) is 47.4. The number of aromatic nitrogens is 2. The van der Waals surface area contributed by atoms with Crippen LogP contribution in [0.2, 0.25) is 0 Å². The highest BCUT2D eigenvalue weighted by Crippen LogP contribution is 2.74. The molecule has 1 aromatic rings. The molecule has 1 aromatic heterocycles. The summed E-state index contributed by atoms with van der Waals surface area (Å²) >= 11 is 0. The van der Waals surface area contributed by atoms with Gasteiger partial charge in [0.25, 0.3) is 0 Å². The zero-order chi connectivity index (χ0) is 33.0. The van der Waals surface area contributed by atoms with Crippen molar-refractivity contribution in [2.24, 2.45) is 57.7 Å². The van der Waals surface area contributed by atoms with E-state index in [0.717, 1.165) is 54.8 Å². The molecule has 14 unspecified atom stereocenters. The van der Waals surface area contributed by atoms with E-state index in [4.69, 9.17) is 0 Å². The van der Waals surface area contributed by atoms with Gasteiger partial charge in [-0.2, -0.15) is 0 Å². The lowest BCUT2D eigenvalue weighted by Crippen LogP contribution is -2.69. The molecule has 46 heavy (non-hydrogen) atoms. The van der Waals surface area contributed by atoms with E-state index < -0.39 is 34.7 Å². The Morgan fingerprint density at radius 3 is 2.46 bits per heavy atom. The van der Waals surface area contributed by atoms with Crippen molar-refractivity contribution in [3.05, 3.63) is 42.5 Å². The van der Waals surface area contributed by atoms with E-state index in [0.29, 0.717) is 6.42 Å². The first-order valence-corrected chi connectivity index (χ1v) is 20.1. The number of imidazole rings is 1.